The van der Waals surface area contributed by atoms with Crippen molar-refractivity contribution >= 4 is 23.2 Å². The number of thioether (sulfide) groups is 1. The van der Waals surface area contributed by atoms with E-state index in [0.29, 0.717) is 18.8 Å². The van der Waals surface area contributed by atoms with E-state index in [1.807, 2.05) is 35.1 Å². The molecule has 26 heavy (non-hydrogen) atoms. The lowest BCUT2D eigenvalue weighted by molar-refractivity contribution is -0.0340. The summed E-state index contributed by atoms with van der Waals surface area (Å²) in [4.78, 5) is 19.1. The lowest BCUT2D eigenvalue weighted by Crippen LogP contribution is -2.52. The van der Waals surface area contributed by atoms with Crippen molar-refractivity contribution in [3.05, 3.63) is 65.7 Å². The van der Waals surface area contributed by atoms with E-state index in [4.69, 9.17) is 4.74 Å². The molecule has 0 radical (unpaired) electrons. The van der Waals surface area contributed by atoms with Crippen molar-refractivity contribution in [2.24, 2.45) is 0 Å². The smallest absolute Gasteiger partial charge is 0.359 e. The van der Waals surface area contributed by atoms with Crippen LogP contribution in [0.3, 0.4) is 0 Å². The third-order valence-electron chi connectivity index (χ3n) is 4.41. The number of carbonyl (C=O) groups is 1. The van der Waals surface area contributed by atoms with Gasteiger partial charge >= 0.3 is 5.97 Å². The zero-order chi connectivity index (χ0) is 18.1. The highest BCUT2D eigenvalue weighted by Crippen LogP contribution is 2.22. The summed E-state index contributed by atoms with van der Waals surface area (Å²) in [5, 5.41) is 0.763. The normalized spacial score (nSPS) is 15.2. The van der Waals surface area contributed by atoms with Gasteiger partial charge in [-0.2, -0.15) is 0 Å². The Kier molecular flexibility index (Phi) is 4.65. The quantitative estimate of drug-likeness (QED) is 0.509. The molecule has 0 amide bonds. The van der Waals surface area contributed by atoms with Crippen LogP contribution in [0, 0.1) is 5.82 Å². The molecule has 3 aromatic rings. The van der Waals surface area contributed by atoms with Gasteiger partial charge in [0.1, 0.15) is 11.9 Å². The van der Waals surface area contributed by atoms with E-state index in [0.717, 1.165) is 22.8 Å². The van der Waals surface area contributed by atoms with Gasteiger partial charge in [-0.3, -0.25) is 9.30 Å². The van der Waals surface area contributed by atoms with Crippen molar-refractivity contribution in [1.29, 1.82) is 0 Å². The minimum atomic E-state index is -0.388. The number of benzene rings is 1. The van der Waals surface area contributed by atoms with Gasteiger partial charge in [0.25, 0.3) is 0 Å². The number of rotatable bonds is 5. The van der Waals surface area contributed by atoms with Crippen LogP contribution >= 0.6 is 11.8 Å². The van der Waals surface area contributed by atoms with E-state index in [-0.39, 0.29) is 17.9 Å². The SMILES string of the molecule is CSc1nc(C(=O)OC2CN(Cc3ccc(F)cc3)C2)c2ccccn12. The van der Waals surface area contributed by atoms with Gasteiger partial charge in [0, 0.05) is 25.8 Å². The highest BCUT2D eigenvalue weighted by Gasteiger charge is 2.31. The minimum Gasteiger partial charge on any atom is -0.455 e. The first-order valence-corrected chi connectivity index (χ1v) is 9.55. The molecule has 1 aliphatic rings. The molecule has 1 fully saturated rings. The van der Waals surface area contributed by atoms with Crippen molar-refractivity contribution in [2.75, 3.05) is 19.3 Å². The Morgan fingerprint density at radius 3 is 2.77 bits per heavy atom. The molecular formula is C19H18FN3O2S. The summed E-state index contributed by atoms with van der Waals surface area (Å²) in [6, 6.07) is 12.1. The largest absolute Gasteiger partial charge is 0.455 e. The molecule has 1 saturated heterocycles. The molecule has 7 heteroatoms. The summed E-state index contributed by atoms with van der Waals surface area (Å²) in [6.07, 6.45) is 3.68. The van der Waals surface area contributed by atoms with Crippen LogP contribution in [-0.2, 0) is 11.3 Å². The van der Waals surface area contributed by atoms with Crippen molar-refractivity contribution in [3.63, 3.8) is 0 Å². The Morgan fingerprint density at radius 1 is 1.27 bits per heavy atom. The molecular weight excluding hydrogens is 353 g/mol. The second-order valence-electron chi connectivity index (χ2n) is 6.25. The Bertz CT molecular complexity index is 936. The average Bonchev–Trinajstić information content (AvgIpc) is 3.00. The first kappa shape index (κ1) is 17.1. The van der Waals surface area contributed by atoms with E-state index >= 15 is 0 Å². The minimum absolute atomic E-state index is 0.138. The number of hydrogen-bond donors (Lipinski definition) is 0. The highest BCUT2D eigenvalue weighted by atomic mass is 32.2. The van der Waals surface area contributed by atoms with Crippen LogP contribution in [0.25, 0.3) is 5.52 Å². The summed E-state index contributed by atoms with van der Waals surface area (Å²) in [5.74, 6) is -0.624. The van der Waals surface area contributed by atoms with Gasteiger partial charge in [-0.05, 0) is 36.1 Å². The molecule has 0 saturated carbocycles. The molecule has 1 aliphatic heterocycles. The highest BCUT2D eigenvalue weighted by molar-refractivity contribution is 7.98. The maximum absolute atomic E-state index is 12.9. The number of esters is 1. The molecule has 4 rings (SSSR count). The molecule has 0 atom stereocenters. The van der Waals surface area contributed by atoms with Crippen LogP contribution in [0.15, 0.2) is 53.8 Å². The number of nitrogens with zero attached hydrogens (tertiary/aromatic N) is 3. The first-order chi connectivity index (χ1) is 12.6. The summed E-state index contributed by atoms with van der Waals surface area (Å²) < 4.78 is 20.4. The van der Waals surface area contributed by atoms with Gasteiger partial charge in [-0.15, -0.1) is 0 Å². The number of imidazole rings is 1. The topological polar surface area (TPSA) is 46.8 Å². The standard InChI is InChI=1S/C19H18FN3O2S/c1-26-19-21-17(16-4-2-3-9-23(16)19)18(24)25-15-11-22(12-15)10-13-5-7-14(20)8-6-13/h2-9,15H,10-12H2,1H3. The Balaban J connectivity index is 1.37. The fraction of sp³-hybridized carbons (Fsp3) is 0.263. The number of likely N-dealkylation sites (tertiary alicyclic amines) is 1. The molecule has 0 bridgehead atoms. The predicted octanol–water partition coefficient (Wildman–Crippen LogP) is 3.24. The molecule has 0 aliphatic carbocycles. The maximum Gasteiger partial charge on any atom is 0.359 e. The number of halogens is 1. The van der Waals surface area contributed by atoms with E-state index in [2.05, 4.69) is 9.88 Å². The lowest BCUT2D eigenvalue weighted by atomic mass is 10.1. The van der Waals surface area contributed by atoms with Crippen LogP contribution in [0.1, 0.15) is 16.1 Å². The molecule has 0 N–H and O–H groups in total. The number of fused-ring (bicyclic) bond motifs is 1. The number of ether oxygens (including phenoxy) is 1. The third-order valence-corrected chi connectivity index (χ3v) is 5.06. The number of hydrogen-bond acceptors (Lipinski definition) is 5. The van der Waals surface area contributed by atoms with E-state index in [1.165, 1.54) is 23.9 Å². The molecule has 2 aromatic heterocycles. The number of pyridine rings is 1. The van der Waals surface area contributed by atoms with Crippen molar-refractivity contribution in [3.8, 4) is 0 Å². The zero-order valence-electron chi connectivity index (χ0n) is 14.3. The van der Waals surface area contributed by atoms with Crippen LogP contribution < -0.4 is 0 Å². The summed E-state index contributed by atoms with van der Waals surface area (Å²) in [7, 11) is 0. The predicted molar refractivity (Wildman–Crippen MR) is 97.9 cm³/mol. The fourth-order valence-corrected chi connectivity index (χ4v) is 3.62. The number of aromatic nitrogens is 2. The van der Waals surface area contributed by atoms with Crippen molar-refractivity contribution < 1.29 is 13.9 Å². The number of carbonyl (C=O) groups excluding carboxylic acids is 1. The summed E-state index contributed by atoms with van der Waals surface area (Å²) in [5.41, 5.74) is 2.15. The van der Waals surface area contributed by atoms with Crippen LogP contribution in [-0.4, -0.2) is 45.7 Å². The van der Waals surface area contributed by atoms with Gasteiger partial charge < -0.3 is 4.74 Å². The Morgan fingerprint density at radius 2 is 2.04 bits per heavy atom. The lowest BCUT2D eigenvalue weighted by Gasteiger charge is -2.38. The van der Waals surface area contributed by atoms with E-state index in [9.17, 15) is 9.18 Å². The Hall–Kier alpha value is -2.38. The monoisotopic (exact) mass is 371 g/mol. The van der Waals surface area contributed by atoms with Crippen LogP contribution in [0.5, 0.6) is 0 Å². The Labute approximate surface area is 154 Å². The maximum atomic E-state index is 12.9. The molecule has 3 heterocycles. The molecule has 1 aromatic carbocycles. The van der Waals surface area contributed by atoms with Gasteiger partial charge in [0.15, 0.2) is 10.9 Å². The molecule has 0 spiro atoms. The van der Waals surface area contributed by atoms with Gasteiger partial charge in [-0.1, -0.05) is 30.0 Å². The van der Waals surface area contributed by atoms with Gasteiger partial charge in [0.2, 0.25) is 0 Å². The third kappa shape index (κ3) is 3.32. The first-order valence-electron chi connectivity index (χ1n) is 8.33. The van der Waals surface area contributed by atoms with Gasteiger partial charge in [-0.25, -0.2) is 14.2 Å². The summed E-state index contributed by atoms with van der Waals surface area (Å²) >= 11 is 1.49. The van der Waals surface area contributed by atoms with Gasteiger partial charge in [0.05, 0.1) is 5.52 Å². The summed E-state index contributed by atoms with van der Waals surface area (Å²) in [6.45, 7) is 2.06. The van der Waals surface area contributed by atoms with E-state index < -0.39 is 0 Å². The zero-order valence-corrected chi connectivity index (χ0v) is 15.1. The second-order valence-corrected chi connectivity index (χ2v) is 7.02. The van der Waals surface area contributed by atoms with Crippen molar-refractivity contribution in [2.45, 2.75) is 17.8 Å². The van der Waals surface area contributed by atoms with E-state index in [1.54, 1.807) is 12.1 Å². The van der Waals surface area contributed by atoms with Crippen LogP contribution in [0.2, 0.25) is 0 Å². The fourth-order valence-electron chi connectivity index (χ4n) is 3.09. The average molecular weight is 371 g/mol. The molecule has 0 unspecified atom stereocenters. The van der Waals surface area contributed by atoms with Crippen molar-refractivity contribution in [1.82, 2.24) is 14.3 Å². The molecule has 5 nitrogen and oxygen atoms in total. The van der Waals surface area contributed by atoms with Crippen LogP contribution in [0.4, 0.5) is 4.39 Å². The molecule has 134 valence electrons. The second kappa shape index (κ2) is 7.09.